The molecule has 0 amide bonds. The number of ether oxygens (including phenoxy) is 2. The van der Waals surface area contributed by atoms with Crippen LogP contribution in [0, 0.1) is 11.3 Å². The minimum Gasteiger partial charge on any atom is -0.468 e. The quantitative estimate of drug-likeness (QED) is 0.228. The molecule has 0 aliphatic carbocycles. The Labute approximate surface area is 211 Å². The number of aromatic nitrogens is 2. The Bertz CT molecular complexity index is 1360. The van der Waals surface area contributed by atoms with E-state index in [4.69, 9.17) is 19.5 Å². The van der Waals surface area contributed by atoms with Crippen LogP contribution in [0.25, 0.3) is 5.52 Å². The van der Waals surface area contributed by atoms with Crippen LogP contribution in [-0.2, 0) is 29.0 Å². The van der Waals surface area contributed by atoms with E-state index in [1.165, 1.54) is 42.9 Å². The van der Waals surface area contributed by atoms with Crippen LogP contribution in [-0.4, -0.2) is 63.9 Å². The molecule has 13 nitrogen and oxygen atoms in total. The number of esters is 1. The van der Waals surface area contributed by atoms with Gasteiger partial charge in [-0.2, -0.15) is 15.4 Å². The summed E-state index contributed by atoms with van der Waals surface area (Å²) in [6.07, 6.45) is -3.23. The third kappa shape index (κ3) is 5.03. The lowest BCUT2D eigenvalue weighted by Crippen LogP contribution is -2.41. The molecule has 1 aliphatic heterocycles. The van der Waals surface area contributed by atoms with Crippen molar-refractivity contribution in [3.8, 4) is 11.8 Å². The van der Waals surface area contributed by atoms with Crippen LogP contribution < -0.4 is 15.3 Å². The lowest BCUT2D eigenvalue weighted by Gasteiger charge is -2.25. The van der Waals surface area contributed by atoms with Crippen molar-refractivity contribution in [2.24, 2.45) is 0 Å². The highest BCUT2D eigenvalue weighted by molar-refractivity contribution is 7.52. The lowest BCUT2D eigenvalue weighted by atomic mass is 9.92. The molecule has 0 unspecified atom stereocenters. The smallest absolute Gasteiger partial charge is 0.459 e. The molecular weight excluding hydrogens is 505 g/mol. The van der Waals surface area contributed by atoms with Gasteiger partial charge in [0.25, 0.3) is 0 Å². The number of benzene rings is 1. The number of nitrogens with zero attached hydrogens (tertiary/aromatic N) is 3. The van der Waals surface area contributed by atoms with E-state index in [1.807, 2.05) is 6.07 Å². The van der Waals surface area contributed by atoms with Crippen LogP contribution >= 0.6 is 7.75 Å². The maximum atomic E-state index is 13.6. The Morgan fingerprint density at radius 1 is 1.32 bits per heavy atom. The van der Waals surface area contributed by atoms with E-state index in [0.29, 0.717) is 11.2 Å². The average Bonchev–Trinajstić information content (AvgIpc) is 3.43. The third-order valence-corrected chi connectivity index (χ3v) is 7.52. The maximum Gasteiger partial charge on any atom is 0.459 e. The second-order valence-corrected chi connectivity index (χ2v) is 10.0. The molecule has 2 aromatic heterocycles. The molecule has 37 heavy (non-hydrogen) atoms. The van der Waals surface area contributed by atoms with E-state index in [9.17, 15) is 24.8 Å². The average molecular weight is 531 g/mol. The van der Waals surface area contributed by atoms with Gasteiger partial charge in [0.05, 0.1) is 30.6 Å². The first-order valence-electron chi connectivity index (χ1n) is 11.2. The summed E-state index contributed by atoms with van der Waals surface area (Å²) < 4.78 is 36.5. The number of hydrogen-bond acceptors (Lipinski definition) is 11. The summed E-state index contributed by atoms with van der Waals surface area (Å²) in [6.45, 7) is 0.823. The summed E-state index contributed by atoms with van der Waals surface area (Å²) in [5, 5.41) is 38.4. The number of aliphatic hydroxyl groups excluding tert-OH is 2. The molecular formula is C23H26N5O8P. The highest BCUT2D eigenvalue weighted by atomic mass is 31.2. The van der Waals surface area contributed by atoms with E-state index in [-0.39, 0.29) is 11.4 Å². The summed E-state index contributed by atoms with van der Waals surface area (Å²) in [7, 11) is -3.09. The molecule has 1 aliphatic rings. The normalized spacial score (nSPS) is 25.8. The van der Waals surface area contributed by atoms with E-state index in [0.717, 1.165) is 0 Å². The fraction of sp³-hybridized carbons (Fsp3) is 0.348. The molecule has 0 bridgehead atoms. The summed E-state index contributed by atoms with van der Waals surface area (Å²) in [6, 6.07) is 13.6. The van der Waals surface area contributed by atoms with Gasteiger partial charge in [-0.05, 0) is 37.3 Å². The zero-order valence-electron chi connectivity index (χ0n) is 19.9. The largest absolute Gasteiger partial charge is 0.468 e. The highest BCUT2D eigenvalue weighted by Gasteiger charge is 2.58. The zero-order valence-corrected chi connectivity index (χ0v) is 20.8. The van der Waals surface area contributed by atoms with Crippen molar-refractivity contribution in [3.05, 3.63) is 60.4 Å². The van der Waals surface area contributed by atoms with Crippen LogP contribution in [0.1, 0.15) is 12.6 Å². The number of hydrogen-bond donors (Lipinski definition) is 4. The number of methoxy groups -OCH3 is 1. The molecule has 5 N–H and O–H groups in total. The van der Waals surface area contributed by atoms with Gasteiger partial charge in [-0.15, -0.1) is 0 Å². The number of nitriles is 1. The molecule has 1 fully saturated rings. The van der Waals surface area contributed by atoms with Gasteiger partial charge in [-0.25, -0.2) is 9.08 Å². The summed E-state index contributed by atoms with van der Waals surface area (Å²) in [5.74, 6) is -0.540. The molecule has 0 radical (unpaired) electrons. The van der Waals surface area contributed by atoms with Crippen molar-refractivity contribution < 1.29 is 38.1 Å². The van der Waals surface area contributed by atoms with E-state index < -0.39 is 50.3 Å². The van der Waals surface area contributed by atoms with Crippen LogP contribution in [0.5, 0.6) is 5.75 Å². The molecule has 3 aromatic rings. The predicted octanol–water partition coefficient (Wildman–Crippen LogP) is 1.11. The Morgan fingerprint density at radius 3 is 2.73 bits per heavy atom. The number of nitrogens with two attached hydrogens (primary N) is 1. The van der Waals surface area contributed by atoms with Crippen molar-refractivity contribution in [1.29, 1.82) is 5.26 Å². The van der Waals surface area contributed by atoms with E-state index >= 15 is 0 Å². The van der Waals surface area contributed by atoms with Crippen molar-refractivity contribution in [1.82, 2.24) is 14.7 Å². The first kappa shape index (κ1) is 26.6. The molecule has 1 saturated heterocycles. The molecule has 1 aromatic carbocycles. The van der Waals surface area contributed by atoms with Gasteiger partial charge in [0.15, 0.2) is 0 Å². The van der Waals surface area contributed by atoms with Gasteiger partial charge in [0, 0.05) is 6.20 Å². The fourth-order valence-electron chi connectivity index (χ4n) is 3.98. The highest BCUT2D eigenvalue weighted by Crippen LogP contribution is 2.47. The van der Waals surface area contributed by atoms with Crippen molar-refractivity contribution in [2.45, 2.75) is 36.9 Å². The number of nitrogen functional groups attached to an aromatic ring is 1. The number of carbonyl (C=O) groups excluding carboxylic acids is 1. The monoisotopic (exact) mass is 531 g/mol. The number of fused-ring (bicyclic) bond motifs is 1. The van der Waals surface area contributed by atoms with Crippen LogP contribution in [0.2, 0.25) is 0 Å². The number of anilines is 1. The molecule has 196 valence electrons. The predicted molar refractivity (Wildman–Crippen MR) is 129 cm³/mol. The molecule has 14 heteroatoms. The summed E-state index contributed by atoms with van der Waals surface area (Å²) in [5.41, 5.74) is 4.91. The summed E-state index contributed by atoms with van der Waals surface area (Å²) in [4.78, 5) is 11.9. The Hall–Kier alpha value is -3.50. The maximum absolute atomic E-state index is 13.6. The molecule has 3 heterocycles. The number of nitrogens with one attached hydrogen (secondary N) is 1. The number of para-hydroxylation sites is 1. The second kappa shape index (κ2) is 10.5. The Morgan fingerprint density at radius 2 is 2.05 bits per heavy atom. The van der Waals surface area contributed by atoms with Crippen LogP contribution in [0.4, 0.5) is 5.69 Å². The van der Waals surface area contributed by atoms with Gasteiger partial charge < -0.3 is 29.9 Å². The van der Waals surface area contributed by atoms with Crippen LogP contribution in [0.15, 0.2) is 54.7 Å². The molecule has 0 saturated carbocycles. The Kier molecular flexibility index (Phi) is 7.52. The summed E-state index contributed by atoms with van der Waals surface area (Å²) >= 11 is 0. The molecule has 4 rings (SSSR count). The van der Waals surface area contributed by atoms with Gasteiger partial charge in [0.1, 0.15) is 36.2 Å². The molecule has 0 spiro atoms. The Balaban J connectivity index is 1.59. The minimum atomic E-state index is -4.26. The molecule has 6 atom stereocenters. The lowest BCUT2D eigenvalue weighted by molar-refractivity contribution is -0.142. The first-order chi connectivity index (χ1) is 17.6. The topological polar surface area (TPSA) is 191 Å². The SMILES string of the molecule is COC(=O)[C@H](C)N[P@](=O)(OC[C@H]1O[C@@](C#N)(c2ccc3c(N)ccnn23)[C@H](O)[C@@H]1O)Oc1ccccc1. The fourth-order valence-corrected chi connectivity index (χ4v) is 5.49. The van der Waals surface area contributed by atoms with E-state index in [2.05, 4.69) is 14.9 Å². The minimum absolute atomic E-state index is 0.132. The van der Waals surface area contributed by atoms with Crippen molar-refractivity contribution >= 4 is 24.9 Å². The van der Waals surface area contributed by atoms with Crippen molar-refractivity contribution in [3.63, 3.8) is 0 Å². The van der Waals surface area contributed by atoms with Gasteiger partial charge in [0.2, 0.25) is 5.60 Å². The standard InChI is InChI=1S/C23H26N5O8P/c1-14(22(31)33-2)27-37(32,36-15-6-4-3-5-7-15)34-12-18-20(29)21(30)23(13-24,35-18)19-9-8-17-16(25)10-11-26-28(17)19/h3-11,14,18,20-21,29-30H,12,25H2,1-2H3,(H,27,32)/t14-,18+,20+,21+,23-,37-/m0/s1. The van der Waals surface area contributed by atoms with Crippen LogP contribution in [0.3, 0.4) is 0 Å². The number of carbonyl (C=O) groups is 1. The van der Waals surface area contributed by atoms with Gasteiger partial charge in [-0.1, -0.05) is 18.2 Å². The van der Waals surface area contributed by atoms with E-state index in [1.54, 1.807) is 30.3 Å². The third-order valence-electron chi connectivity index (χ3n) is 5.88. The van der Waals surface area contributed by atoms with Gasteiger partial charge >= 0.3 is 13.7 Å². The number of rotatable bonds is 9. The second-order valence-electron chi connectivity index (χ2n) is 8.31. The van der Waals surface area contributed by atoms with Gasteiger partial charge in [-0.3, -0.25) is 9.32 Å². The number of aliphatic hydroxyl groups is 2. The zero-order chi connectivity index (χ0) is 26.8. The van der Waals surface area contributed by atoms with Crippen molar-refractivity contribution in [2.75, 3.05) is 19.5 Å². The first-order valence-corrected chi connectivity index (χ1v) is 12.7.